The minimum Gasteiger partial charge on any atom is -0.477 e. The molecule has 1 saturated heterocycles. The smallest absolute Gasteiger partial charge is 0.234 e. The number of hydrogen-bond donors (Lipinski definition) is 0. The summed E-state index contributed by atoms with van der Waals surface area (Å²) in [4.78, 5) is 11.1. The van der Waals surface area contributed by atoms with Crippen LogP contribution in [0.2, 0.25) is 0 Å². The molecule has 2 rings (SSSR count). The molecule has 0 saturated carbocycles. The van der Waals surface area contributed by atoms with Crippen LogP contribution in [0, 0.1) is 0 Å². The Bertz CT molecular complexity index is 356. The molecule has 0 radical (unpaired) electrons. The number of aromatic nitrogens is 2. The van der Waals surface area contributed by atoms with Crippen LogP contribution in [0.1, 0.15) is 39.5 Å². The summed E-state index contributed by atoms with van der Waals surface area (Å²) in [5.41, 5.74) is 0. The Labute approximate surface area is 103 Å². The predicted octanol–water partition coefficient (Wildman–Crippen LogP) is 2.64. The van der Waals surface area contributed by atoms with E-state index >= 15 is 0 Å². The summed E-state index contributed by atoms with van der Waals surface area (Å²) in [5, 5.41) is 0. The van der Waals surface area contributed by atoms with E-state index in [2.05, 4.69) is 21.8 Å². The maximum Gasteiger partial charge on any atom is 0.234 e. The molecule has 4 heteroatoms. The summed E-state index contributed by atoms with van der Waals surface area (Å²) in [6.45, 7) is 5.92. The van der Waals surface area contributed by atoms with Crippen molar-refractivity contribution in [3.63, 3.8) is 0 Å². The van der Waals surface area contributed by atoms with Crippen molar-refractivity contribution in [3.8, 4) is 5.88 Å². The monoisotopic (exact) mass is 235 g/mol. The van der Waals surface area contributed by atoms with Gasteiger partial charge in [0, 0.05) is 12.6 Å². The first-order valence-corrected chi connectivity index (χ1v) is 6.56. The van der Waals surface area contributed by atoms with E-state index in [9.17, 15) is 0 Å². The quantitative estimate of drug-likeness (QED) is 0.804. The lowest BCUT2D eigenvalue weighted by Gasteiger charge is -2.36. The fraction of sp³-hybridized carbons (Fsp3) is 0.692. The maximum absolute atomic E-state index is 5.41. The molecule has 94 valence electrons. The van der Waals surface area contributed by atoms with Gasteiger partial charge in [0.2, 0.25) is 5.88 Å². The van der Waals surface area contributed by atoms with Gasteiger partial charge >= 0.3 is 0 Å². The zero-order chi connectivity index (χ0) is 12.1. The third kappa shape index (κ3) is 2.87. The highest BCUT2D eigenvalue weighted by Gasteiger charge is 2.22. The molecule has 1 aromatic heterocycles. The van der Waals surface area contributed by atoms with Crippen LogP contribution in [-0.4, -0.2) is 29.2 Å². The first-order chi connectivity index (χ1) is 8.35. The van der Waals surface area contributed by atoms with Crippen LogP contribution >= 0.6 is 0 Å². The van der Waals surface area contributed by atoms with Crippen LogP contribution in [0.15, 0.2) is 12.4 Å². The van der Waals surface area contributed by atoms with Crippen molar-refractivity contribution in [3.05, 3.63) is 12.4 Å². The number of nitrogens with zero attached hydrogens (tertiary/aromatic N) is 3. The molecule has 0 aliphatic carbocycles. The number of rotatable bonds is 4. The second kappa shape index (κ2) is 5.84. The summed E-state index contributed by atoms with van der Waals surface area (Å²) in [5.74, 6) is 1.59. The van der Waals surface area contributed by atoms with Gasteiger partial charge in [0.1, 0.15) is 0 Å². The second-order valence-corrected chi connectivity index (χ2v) is 4.40. The lowest BCUT2D eigenvalue weighted by molar-refractivity contribution is 0.324. The third-order valence-electron chi connectivity index (χ3n) is 3.28. The standard InChI is InChI=1S/C13H21N3O/c1-3-11-7-5-6-8-16(11)12-9-14-10-13(15-12)17-4-2/h9-11H,3-8H2,1-2H3. The summed E-state index contributed by atoms with van der Waals surface area (Å²) in [6, 6.07) is 0.606. The van der Waals surface area contributed by atoms with Crippen molar-refractivity contribution < 1.29 is 4.74 Å². The Morgan fingerprint density at radius 2 is 2.24 bits per heavy atom. The largest absolute Gasteiger partial charge is 0.477 e. The molecule has 0 spiro atoms. The van der Waals surface area contributed by atoms with E-state index in [1.165, 1.54) is 25.7 Å². The van der Waals surface area contributed by atoms with E-state index in [4.69, 9.17) is 4.74 Å². The molecular weight excluding hydrogens is 214 g/mol. The molecule has 0 aromatic carbocycles. The molecule has 4 nitrogen and oxygen atoms in total. The van der Waals surface area contributed by atoms with Crippen LogP contribution in [0.4, 0.5) is 5.82 Å². The Hall–Kier alpha value is -1.32. The number of ether oxygens (including phenoxy) is 1. The van der Waals surface area contributed by atoms with Crippen molar-refractivity contribution in [1.82, 2.24) is 9.97 Å². The van der Waals surface area contributed by atoms with Crippen LogP contribution in [-0.2, 0) is 0 Å². The molecular formula is C13H21N3O. The molecule has 0 bridgehead atoms. The maximum atomic E-state index is 5.41. The fourth-order valence-corrected chi connectivity index (χ4v) is 2.42. The molecule has 2 heterocycles. The molecule has 0 amide bonds. The normalized spacial score (nSPS) is 20.4. The number of hydrogen-bond acceptors (Lipinski definition) is 4. The molecule has 1 atom stereocenters. The first-order valence-electron chi connectivity index (χ1n) is 6.56. The predicted molar refractivity (Wildman–Crippen MR) is 68.5 cm³/mol. The molecule has 1 fully saturated rings. The van der Waals surface area contributed by atoms with Crippen LogP contribution in [0.25, 0.3) is 0 Å². The van der Waals surface area contributed by atoms with Gasteiger partial charge in [0.05, 0.1) is 19.0 Å². The van der Waals surface area contributed by atoms with E-state index in [1.807, 2.05) is 13.1 Å². The molecule has 1 aromatic rings. The minimum atomic E-state index is 0.606. The van der Waals surface area contributed by atoms with Crippen LogP contribution in [0.5, 0.6) is 5.88 Å². The van der Waals surface area contributed by atoms with Gasteiger partial charge in [-0.2, -0.15) is 4.98 Å². The Balaban J connectivity index is 2.16. The van der Waals surface area contributed by atoms with Crippen molar-refractivity contribution in [2.75, 3.05) is 18.1 Å². The average Bonchev–Trinajstić information content (AvgIpc) is 2.39. The average molecular weight is 235 g/mol. The Kier molecular flexibility index (Phi) is 4.18. The molecule has 1 aliphatic rings. The molecule has 17 heavy (non-hydrogen) atoms. The second-order valence-electron chi connectivity index (χ2n) is 4.40. The van der Waals surface area contributed by atoms with Gasteiger partial charge in [-0.15, -0.1) is 0 Å². The summed E-state index contributed by atoms with van der Waals surface area (Å²) in [6.07, 6.45) is 8.52. The van der Waals surface area contributed by atoms with E-state index in [-0.39, 0.29) is 0 Å². The molecule has 1 unspecified atom stereocenters. The van der Waals surface area contributed by atoms with Crippen LogP contribution in [0.3, 0.4) is 0 Å². The first kappa shape index (κ1) is 12.1. The molecule has 1 aliphatic heterocycles. The lowest BCUT2D eigenvalue weighted by atomic mass is 10.0. The van der Waals surface area contributed by atoms with E-state index in [0.29, 0.717) is 18.5 Å². The third-order valence-corrected chi connectivity index (χ3v) is 3.28. The van der Waals surface area contributed by atoms with Gasteiger partial charge in [-0.3, -0.25) is 4.98 Å². The molecule has 0 N–H and O–H groups in total. The lowest BCUT2D eigenvalue weighted by Crippen LogP contribution is -2.39. The van der Waals surface area contributed by atoms with E-state index in [0.717, 1.165) is 12.4 Å². The van der Waals surface area contributed by atoms with Crippen molar-refractivity contribution in [1.29, 1.82) is 0 Å². The van der Waals surface area contributed by atoms with Crippen molar-refractivity contribution in [2.24, 2.45) is 0 Å². The van der Waals surface area contributed by atoms with Crippen LogP contribution < -0.4 is 9.64 Å². The highest BCUT2D eigenvalue weighted by molar-refractivity contribution is 5.39. The summed E-state index contributed by atoms with van der Waals surface area (Å²) < 4.78 is 5.41. The Morgan fingerprint density at radius 1 is 1.35 bits per heavy atom. The minimum absolute atomic E-state index is 0.606. The zero-order valence-electron chi connectivity index (χ0n) is 10.7. The fourth-order valence-electron chi connectivity index (χ4n) is 2.42. The Morgan fingerprint density at radius 3 is 3.00 bits per heavy atom. The van der Waals surface area contributed by atoms with E-state index in [1.54, 1.807) is 6.20 Å². The van der Waals surface area contributed by atoms with Gasteiger partial charge in [-0.05, 0) is 32.6 Å². The van der Waals surface area contributed by atoms with Gasteiger partial charge in [0.15, 0.2) is 5.82 Å². The van der Waals surface area contributed by atoms with Gasteiger partial charge in [-0.1, -0.05) is 6.92 Å². The highest BCUT2D eigenvalue weighted by Crippen LogP contribution is 2.25. The van der Waals surface area contributed by atoms with Gasteiger partial charge in [0.25, 0.3) is 0 Å². The number of anilines is 1. The topological polar surface area (TPSA) is 38.2 Å². The van der Waals surface area contributed by atoms with Crippen molar-refractivity contribution in [2.45, 2.75) is 45.6 Å². The van der Waals surface area contributed by atoms with E-state index < -0.39 is 0 Å². The number of piperidine rings is 1. The highest BCUT2D eigenvalue weighted by atomic mass is 16.5. The zero-order valence-corrected chi connectivity index (χ0v) is 10.7. The van der Waals surface area contributed by atoms with Gasteiger partial charge in [-0.25, -0.2) is 0 Å². The van der Waals surface area contributed by atoms with Crippen molar-refractivity contribution >= 4 is 5.82 Å². The SMILES string of the molecule is CCOc1cncc(N2CCCCC2CC)n1. The summed E-state index contributed by atoms with van der Waals surface area (Å²) >= 11 is 0. The van der Waals surface area contributed by atoms with Gasteiger partial charge < -0.3 is 9.64 Å². The summed E-state index contributed by atoms with van der Waals surface area (Å²) in [7, 11) is 0.